The predicted molar refractivity (Wildman–Crippen MR) is 112 cm³/mol. The van der Waals surface area contributed by atoms with Crippen molar-refractivity contribution >= 4 is 39.1 Å². The molecule has 2 aromatic carbocycles. The highest BCUT2D eigenvalue weighted by molar-refractivity contribution is 8.00. The van der Waals surface area contributed by atoms with Gasteiger partial charge >= 0.3 is 0 Å². The molecule has 0 aliphatic carbocycles. The Kier molecular flexibility index (Phi) is 6.49. The number of carbonyl (C=O) groups is 2. The summed E-state index contributed by atoms with van der Waals surface area (Å²) in [7, 11) is -2.14. The van der Waals surface area contributed by atoms with E-state index in [-0.39, 0.29) is 35.4 Å². The van der Waals surface area contributed by atoms with Crippen molar-refractivity contribution in [1.29, 1.82) is 0 Å². The number of amides is 2. The molecule has 1 heterocycles. The minimum Gasteiger partial charge on any atom is -0.496 e. The van der Waals surface area contributed by atoms with Gasteiger partial charge in [-0.25, -0.2) is 8.42 Å². The highest BCUT2D eigenvalue weighted by Gasteiger charge is 2.27. The Labute approximate surface area is 174 Å². The van der Waals surface area contributed by atoms with Crippen LogP contribution in [-0.4, -0.2) is 38.3 Å². The Balaban J connectivity index is 1.65. The first-order valence-electron chi connectivity index (χ1n) is 9.00. The van der Waals surface area contributed by atoms with Gasteiger partial charge in [0.2, 0.25) is 11.8 Å². The molecule has 0 spiro atoms. The Morgan fingerprint density at radius 1 is 1.28 bits per heavy atom. The summed E-state index contributed by atoms with van der Waals surface area (Å²) in [5, 5.41) is 4.57. The highest BCUT2D eigenvalue weighted by atomic mass is 32.2. The number of para-hydroxylation sites is 1. The van der Waals surface area contributed by atoms with E-state index in [9.17, 15) is 18.0 Å². The number of anilines is 1. The van der Waals surface area contributed by atoms with Gasteiger partial charge in [0, 0.05) is 23.4 Å². The van der Waals surface area contributed by atoms with Crippen molar-refractivity contribution in [3.05, 3.63) is 48.0 Å². The van der Waals surface area contributed by atoms with Gasteiger partial charge in [0.05, 0.1) is 28.7 Å². The van der Waals surface area contributed by atoms with Gasteiger partial charge in [-0.1, -0.05) is 18.2 Å². The van der Waals surface area contributed by atoms with Crippen LogP contribution in [0.15, 0.2) is 52.3 Å². The molecule has 0 bridgehead atoms. The van der Waals surface area contributed by atoms with Crippen molar-refractivity contribution in [1.82, 2.24) is 5.32 Å². The van der Waals surface area contributed by atoms with Crippen molar-refractivity contribution < 1.29 is 22.7 Å². The lowest BCUT2D eigenvalue weighted by molar-refractivity contribution is -0.121. The molecule has 0 fully saturated rings. The molecule has 9 heteroatoms. The van der Waals surface area contributed by atoms with Gasteiger partial charge in [-0.05, 0) is 31.2 Å². The minimum atomic E-state index is -3.69. The topological polar surface area (TPSA) is 102 Å². The Morgan fingerprint density at radius 2 is 2.03 bits per heavy atom. The van der Waals surface area contributed by atoms with Crippen LogP contribution < -0.4 is 15.4 Å². The van der Waals surface area contributed by atoms with Gasteiger partial charge in [-0.15, -0.1) is 11.8 Å². The summed E-state index contributed by atoms with van der Waals surface area (Å²) >= 11 is 1.29. The fourth-order valence-corrected chi connectivity index (χ4v) is 5.24. The molecule has 29 heavy (non-hydrogen) atoms. The molecule has 3 rings (SSSR count). The second-order valence-corrected chi connectivity index (χ2v) is 10.0. The number of benzene rings is 2. The van der Waals surface area contributed by atoms with Crippen molar-refractivity contribution in [3.8, 4) is 5.75 Å². The number of methoxy groups -OCH3 is 1. The maximum Gasteiger partial charge on any atom is 0.234 e. The van der Waals surface area contributed by atoms with E-state index in [1.165, 1.54) is 24.8 Å². The normalized spacial score (nSPS) is 14.5. The fraction of sp³-hybridized carbons (Fsp3) is 0.300. The Hall–Kier alpha value is -2.52. The molecule has 0 saturated carbocycles. The molecule has 2 amide bonds. The second kappa shape index (κ2) is 8.87. The summed E-state index contributed by atoms with van der Waals surface area (Å²) in [4.78, 5) is 24.6. The van der Waals surface area contributed by atoms with Gasteiger partial charge in [-0.2, -0.15) is 0 Å². The number of hydrogen-bond donors (Lipinski definition) is 2. The van der Waals surface area contributed by atoms with Crippen molar-refractivity contribution in [2.75, 3.05) is 18.2 Å². The van der Waals surface area contributed by atoms with E-state index < -0.39 is 15.1 Å². The smallest absolute Gasteiger partial charge is 0.234 e. The van der Waals surface area contributed by atoms with Gasteiger partial charge < -0.3 is 15.4 Å². The first kappa shape index (κ1) is 21.2. The SMILES string of the molecule is COc1ccccc1CNC(=O)CC(C)S(=O)(=O)c1ccc2c(c1)SCC(=O)N2. The van der Waals surface area contributed by atoms with E-state index in [2.05, 4.69) is 10.6 Å². The molecule has 0 saturated heterocycles. The standard InChI is InChI=1S/C20H22N2O5S2/c1-13(9-19(23)21-11-14-5-3-4-6-17(14)27-2)29(25,26)15-7-8-16-18(10-15)28-12-20(24)22-16/h3-8,10,13H,9,11-12H2,1-2H3,(H,21,23)(H,22,24). The Morgan fingerprint density at radius 3 is 2.79 bits per heavy atom. The van der Waals surface area contributed by atoms with E-state index in [0.717, 1.165) is 5.56 Å². The molecular formula is C20H22N2O5S2. The van der Waals surface area contributed by atoms with E-state index in [0.29, 0.717) is 16.3 Å². The average molecular weight is 435 g/mol. The lowest BCUT2D eigenvalue weighted by Crippen LogP contribution is -2.30. The summed E-state index contributed by atoms with van der Waals surface area (Å²) in [6, 6.07) is 11.9. The second-order valence-electron chi connectivity index (χ2n) is 6.64. The molecule has 0 aromatic heterocycles. The quantitative estimate of drug-likeness (QED) is 0.695. The minimum absolute atomic E-state index is 0.113. The fourth-order valence-electron chi connectivity index (χ4n) is 2.95. The number of thioether (sulfide) groups is 1. The summed E-state index contributed by atoms with van der Waals surface area (Å²) in [5.41, 5.74) is 1.42. The summed E-state index contributed by atoms with van der Waals surface area (Å²) < 4.78 is 31.0. The molecule has 2 aromatic rings. The zero-order valence-electron chi connectivity index (χ0n) is 16.1. The van der Waals surface area contributed by atoms with Gasteiger partial charge in [0.1, 0.15) is 5.75 Å². The zero-order chi connectivity index (χ0) is 21.0. The van der Waals surface area contributed by atoms with Crippen LogP contribution in [0.5, 0.6) is 5.75 Å². The molecule has 1 atom stereocenters. The van der Waals surface area contributed by atoms with Crippen LogP contribution in [0.1, 0.15) is 18.9 Å². The van der Waals surface area contributed by atoms with Gasteiger partial charge in [-0.3, -0.25) is 9.59 Å². The Bertz CT molecular complexity index is 1040. The number of rotatable bonds is 7. The van der Waals surface area contributed by atoms with Crippen molar-refractivity contribution in [3.63, 3.8) is 0 Å². The van der Waals surface area contributed by atoms with Crippen LogP contribution in [0.2, 0.25) is 0 Å². The number of ether oxygens (including phenoxy) is 1. The third kappa shape index (κ3) is 4.91. The largest absolute Gasteiger partial charge is 0.496 e. The van der Waals surface area contributed by atoms with E-state index in [1.54, 1.807) is 25.3 Å². The number of carbonyl (C=O) groups excluding carboxylic acids is 2. The molecule has 1 aliphatic rings. The van der Waals surface area contributed by atoms with Gasteiger partial charge in [0.15, 0.2) is 9.84 Å². The molecule has 1 unspecified atom stereocenters. The summed E-state index contributed by atoms with van der Waals surface area (Å²) in [6.07, 6.45) is -0.154. The van der Waals surface area contributed by atoms with Gasteiger partial charge in [0.25, 0.3) is 0 Å². The number of hydrogen-bond acceptors (Lipinski definition) is 6. The maximum absolute atomic E-state index is 12.9. The molecular weight excluding hydrogens is 412 g/mol. The van der Waals surface area contributed by atoms with E-state index in [1.807, 2.05) is 18.2 Å². The maximum atomic E-state index is 12.9. The number of nitrogens with one attached hydrogen (secondary N) is 2. The molecule has 7 nitrogen and oxygen atoms in total. The third-order valence-corrected chi connectivity index (χ3v) is 7.78. The van der Waals surface area contributed by atoms with Crippen LogP contribution in [0.4, 0.5) is 5.69 Å². The molecule has 154 valence electrons. The molecule has 2 N–H and O–H groups in total. The summed E-state index contributed by atoms with van der Waals surface area (Å²) in [5.74, 6) is 0.439. The third-order valence-electron chi connectivity index (χ3n) is 4.59. The predicted octanol–water partition coefficient (Wildman–Crippen LogP) is 2.61. The van der Waals surface area contributed by atoms with Crippen molar-refractivity contribution in [2.24, 2.45) is 0 Å². The lowest BCUT2D eigenvalue weighted by atomic mass is 10.2. The van der Waals surface area contributed by atoms with E-state index in [4.69, 9.17) is 4.74 Å². The number of sulfone groups is 1. The monoisotopic (exact) mass is 434 g/mol. The van der Waals surface area contributed by atoms with Crippen molar-refractivity contribution in [2.45, 2.75) is 34.9 Å². The van der Waals surface area contributed by atoms with Crippen LogP contribution in [0.25, 0.3) is 0 Å². The summed E-state index contributed by atoms with van der Waals surface area (Å²) in [6.45, 7) is 1.77. The zero-order valence-corrected chi connectivity index (χ0v) is 17.7. The lowest BCUT2D eigenvalue weighted by Gasteiger charge is -2.18. The molecule has 1 aliphatic heterocycles. The first-order valence-corrected chi connectivity index (χ1v) is 11.5. The first-order chi connectivity index (χ1) is 13.8. The number of fused-ring (bicyclic) bond motifs is 1. The highest BCUT2D eigenvalue weighted by Crippen LogP contribution is 2.34. The molecule has 0 radical (unpaired) electrons. The van der Waals surface area contributed by atoms with Crippen LogP contribution in [-0.2, 0) is 26.0 Å². The van der Waals surface area contributed by atoms with Crippen LogP contribution in [0, 0.1) is 0 Å². The van der Waals surface area contributed by atoms with Crippen LogP contribution >= 0.6 is 11.8 Å². The van der Waals surface area contributed by atoms with Crippen LogP contribution in [0.3, 0.4) is 0 Å². The average Bonchev–Trinajstić information content (AvgIpc) is 2.71. The van der Waals surface area contributed by atoms with E-state index >= 15 is 0 Å².